The predicted molar refractivity (Wildman–Crippen MR) is 88.2 cm³/mol. The minimum Gasteiger partial charge on any atom is -0.370 e. The van der Waals surface area contributed by atoms with Gasteiger partial charge in [-0.25, -0.2) is 9.97 Å². The van der Waals surface area contributed by atoms with Gasteiger partial charge in [-0.05, 0) is 6.42 Å². The van der Waals surface area contributed by atoms with Crippen LogP contribution in [0.3, 0.4) is 0 Å². The zero-order valence-electron chi connectivity index (χ0n) is 13.9. The monoisotopic (exact) mass is 319 g/mol. The normalized spacial score (nSPS) is 14.7. The molecule has 1 N–H and O–H groups in total. The van der Waals surface area contributed by atoms with E-state index in [0.29, 0.717) is 37.7 Å². The second-order valence-electron chi connectivity index (χ2n) is 5.72. The number of unbranched alkanes of at least 4 members (excludes halogenated alkanes) is 2. The highest BCUT2D eigenvalue weighted by Gasteiger charge is 2.24. The van der Waals surface area contributed by atoms with Gasteiger partial charge in [0.05, 0.1) is 0 Å². The number of amides is 2. The van der Waals surface area contributed by atoms with Crippen molar-refractivity contribution in [2.24, 2.45) is 0 Å². The number of aromatic nitrogens is 2. The predicted octanol–water partition coefficient (Wildman–Crippen LogP) is 1.38. The van der Waals surface area contributed by atoms with Crippen LogP contribution in [0.2, 0.25) is 0 Å². The lowest BCUT2D eigenvalue weighted by atomic mass is 10.2. The maximum absolute atomic E-state index is 12.5. The summed E-state index contributed by atoms with van der Waals surface area (Å²) < 4.78 is 0. The van der Waals surface area contributed by atoms with E-state index in [2.05, 4.69) is 22.2 Å². The topological polar surface area (TPSA) is 78.4 Å². The van der Waals surface area contributed by atoms with Crippen LogP contribution in [0.5, 0.6) is 0 Å². The van der Waals surface area contributed by atoms with Gasteiger partial charge in [-0.3, -0.25) is 9.59 Å². The van der Waals surface area contributed by atoms with Crippen LogP contribution in [0.25, 0.3) is 0 Å². The highest BCUT2D eigenvalue weighted by Crippen LogP contribution is 2.10. The van der Waals surface area contributed by atoms with Crippen LogP contribution in [0.4, 0.5) is 5.82 Å². The molecule has 1 aliphatic heterocycles. The lowest BCUT2D eigenvalue weighted by Gasteiger charge is -2.34. The van der Waals surface area contributed by atoms with Gasteiger partial charge in [0.25, 0.3) is 5.91 Å². The summed E-state index contributed by atoms with van der Waals surface area (Å²) in [6.45, 7) is 6.80. The standard InChI is InChI=1S/C16H25N5O2/c1-3-4-5-6-17-15-11-14(18-12-19-15)16(23)21-9-7-20(8-10-21)13(2)22/h11-12H,3-10H2,1-2H3,(H,17,18,19). The maximum Gasteiger partial charge on any atom is 0.272 e. The van der Waals surface area contributed by atoms with Crippen LogP contribution in [0, 0.1) is 0 Å². The summed E-state index contributed by atoms with van der Waals surface area (Å²) in [5, 5.41) is 3.22. The Bertz CT molecular complexity index is 541. The van der Waals surface area contributed by atoms with E-state index in [0.717, 1.165) is 13.0 Å². The van der Waals surface area contributed by atoms with Crippen LogP contribution in [0.1, 0.15) is 43.6 Å². The maximum atomic E-state index is 12.5. The number of carbonyl (C=O) groups excluding carboxylic acids is 2. The lowest BCUT2D eigenvalue weighted by molar-refractivity contribution is -0.130. The van der Waals surface area contributed by atoms with Crippen molar-refractivity contribution in [3.8, 4) is 0 Å². The number of anilines is 1. The van der Waals surface area contributed by atoms with Crippen LogP contribution < -0.4 is 5.32 Å². The average molecular weight is 319 g/mol. The van der Waals surface area contributed by atoms with Crippen LogP contribution >= 0.6 is 0 Å². The molecule has 1 aliphatic rings. The number of nitrogens with one attached hydrogen (secondary N) is 1. The summed E-state index contributed by atoms with van der Waals surface area (Å²) in [4.78, 5) is 35.6. The largest absolute Gasteiger partial charge is 0.370 e. The molecule has 0 bridgehead atoms. The lowest BCUT2D eigenvalue weighted by Crippen LogP contribution is -2.50. The smallest absolute Gasteiger partial charge is 0.272 e. The summed E-state index contributed by atoms with van der Waals surface area (Å²) in [7, 11) is 0. The zero-order valence-corrected chi connectivity index (χ0v) is 13.9. The van der Waals surface area contributed by atoms with Gasteiger partial charge in [-0.2, -0.15) is 0 Å². The molecular formula is C16H25N5O2. The molecule has 1 fully saturated rings. The van der Waals surface area contributed by atoms with Gasteiger partial charge in [0.15, 0.2) is 0 Å². The van der Waals surface area contributed by atoms with Gasteiger partial charge in [0.2, 0.25) is 5.91 Å². The quantitative estimate of drug-likeness (QED) is 0.802. The fraction of sp³-hybridized carbons (Fsp3) is 0.625. The zero-order chi connectivity index (χ0) is 16.7. The van der Waals surface area contributed by atoms with E-state index in [1.54, 1.807) is 22.8 Å². The second-order valence-corrected chi connectivity index (χ2v) is 5.72. The van der Waals surface area contributed by atoms with E-state index in [4.69, 9.17) is 0 Å². The van der Waals surface area contributed by atoms with E-state index in [1.165, 1.54) is 19.2 Å². The molecular weight excluding hydrogens is 294 g/mol. The van der Waals surface area contributed by atoms with E-state index in [-0.39, 0.29) is 11.8 Å². The van der Waals surface area contributed by atoms with Crippen molar-refractivity contribution in [1.82, 2.24) is 19.8 Å². The highest BCUT2D eigenvalue weighted by atomic mass is 16.2. The second kappa shape index (κ2) is 8.45. The molecule has 0 radical (unpaired) electrons. The average Bonchev–Trinajstić information content (AvgIpc) is 2.58. The van der Waals surface area contributed by atoms with Gasteiger partial charge in [0.1, 0.15) is 17.8 Å². The molecule has 1 aromatic rings. The number of nitrogens with zero attached hydrogens (tertiary/aromatic N) is 4. The fourth-order valence-electron chi connectivity index (χ4n) is 2.55. The molecule has 7 nitrogen and oxygen atoms in total. The summed E-state index contributed by atoms with van der Waals surface area (Å²) in [5.74, 6) is 0.631. The van der Waals surface area contributed by atoms with Crippen LogP contribution in [-0.2, 0) is 4.79 Å². The van der Waals surface area contributed by atoms with Gasteiger partial charge in [-0.1, -0.05) is 19.8 Å². The first kappa shape index (κ1) is 17.2. The van der Waals surface area contributed by atoms with Crippen molar-refractivity contribution in [1.29, 1.82) is 0 Å². The van der Waals surface area contributed by atoms with Crippen molar-refractivity contribution < 1.29 is 9.59 Å². The molecule has 0 saturated carbocycles. The molecule has 7 heteroatoms. The number of hydrogen-bond donors (Lipinski definition) is 1. The van der Waals surface area contributed by atoms with Gasteiger partial charge in [0, 0.05) is 45.7 Å². The van der Waals surface area contributed by atoms with Gasteiger partial charge >= 0.3 is 0 Å². The van der Waals surface area contributed by atoms with Crippen molar-refractivity contribution in [2.75, 3.05) is 38.0 Å². The highest BCUT2D eigenvalue weighted by molar-refractivity contribution is 5.93. The molecule has 126 valence electrons. The first-order chi connectivity index (χ1) is 11.1. The molecule has 23 heavy (non-hydrogen) atoms. The molecule has 0 unspecified atom stereocenters. The van der Waals surface area contributed by atoms with E-state index >= 15 is 0 Å². The Labute approximate surface area is 137 Å². The molecule has 0 atom stereocenters. The Morgan fingerprint density at radius 3 is 2.48 bits per heavy atom. The Kier molecular flexibility index (Phi) is 6.31. The summed E-state index contributed by atoms with van der Waals surface area (Å²) in [6.07, 6.45) is 4.84. The van der Waals surface area contributed by atoms with Gasteiger partial charge < -0.3 is 15.1 Å². The molecule has 1 aromatic heterocycles. The summed E-state index contributed by atoms with van der Waals surface area (Å²) in [5.41, 5.74) is 0.397. The third-order valence-electron chi connectivity index (χ3n) is 3.98. The molecule has 0 spiro atoms. The minimum absolute atomic E-state index is 0.0534. The van der Waals surface area contributed by atoms with Crippen molar-refractivity contribution >= 4 is 17.6 Å². The number of piperazine rings is 1. The Morgan fingerprint density at radius 1 is 1.13 bits per heavy atom. The molecule has 2 heterocycles. The van der Waals surface area contributed by atoms with E-state index in [1.807, 2.05) is 0 Å². The number of carbonyl (C=O) groups is 2. The SMILES string of the molecule is CCCCCNc1cc(C(=O)N2CCN(C(C)=O)CC2)ncn1. The van der Waals surface area contributed by atoms with Crippen LogP contribution in [0.15, 0.2) is 12.4 Å². The molecule has 1 saturated heterocycles. The molecule has 0 aromatic carbocycles. The molecule has 2 rings (SSSR count). The van der Waals surface area contributed by atoms with Crippen molar-refractivity contribution in [2.45, 2.75) is 33.1 Å². The number of rotatable bonds is 6. The molecule has 2 amide bonds. The first-order valence-electron chi connectivity index (χ1n) is 8.22. The first-order valence-corrected chi connectivity index (χ1v) is 8.22. The molecule has 0 aliphatic carbocycles. The summed E-state index contributed by atoms with van der Waals surface area (Å²) >= 11 is 0. The van der Waals surface area contributed by atoms with Crippen molar-refractivity contribution in [3.63, 3.8) is 0 Å². The van der Waals surface area contributed by atoms with Crippen LogP contribution in [-0.4, -0.2) is 64.3 Å². The Hall–Kier alpha value is -2.18. The third kappa shape index (κ3) is 4.91. The number of hydrogen-bond acceptors (Lipinski definition) is 5. The van der Waals surface area contributed by atoms with E-state index < -0.39 is 0 Å². The Morgan fingerprint density at radius 2 is 1.83 bits per heavy atom. The minimum atomic E-state index is -0.104. The van der Waals surface area contributed by atoms with Crippen molar-refractivity contribution in [3.05, 3.63) is 18.1 Å². The summed E-state index contributed by atoms with van der Waals surface area (Å²) in [6, 6.07) is 1.70. The van der Waals surface area contributed by atoms with E-state index in [9.17, 15) is 9.59 Å². The fourth-order valence-corrected chi connectivity index (χ4v) is 2.55. The Balaban J connectivity index is 1.91. The third-order valence-corrected chi connectivity index (χ3v) is 3.98. The van der Waals surface area contributed by atoms with Gasteiger partial charge in [-0.15, -0.1) is 0 Å².